The Morgan fingerprint density at radius 1 is 1.52 bits per heavy atom. The van der Waals surface area contributed by atoms with Crippen LogP contribution < -0.4 is 11.0 Å². The summed E-state index contributed by atoms with van der Waals surface area (Å²) < 4.78 is 6.45. The van der Waals surface area contributed by atoms with E-state index < -0.39 is 5.91 Å². The Morgan fingerprint density at radius 2 is 2.32 bits per heavy atom. The number of fused-ring (bicyclic) bond motifs is 3. The first-order chi connectivity index (χ1) is 12.0. The monoisotopic (exact) mass is 375 g/mol. The van der Waals surface area contributed by atoms with Crippen molar-refractivity contribution in [3.8, 4) is 0 Å². The van der Waals surface area contributed by atoms with Gasteiger partial charge in [0.25, 0.3) is 11.5 Å². The van der Waals surface area contributed by atoms with E-state index in [4.69, 9.17) is 16.6 Å². The third kappa shape index (κ3) is 2.65. The van der Waals surface area contributed by atoms with Crippen LogP contribution in [0.5, 0.6) is 0 Å². The predicted molar refractivity (Wildman–Crippen MR) is 99.6 cm³/mol. The van der Waals surface area contributed by atoms with Gasteiger partial charge < -0.3 is 9.40 Å². The van der Waals surface area contributed by atoms with Gasteiger partial charge in [-0.25, -0.2) is 0 Å². The van der Waals surface area contributed by atoms with E-state index in [2.05, 4.69) is 17.3 Å². The SMILES string of the molecule is Cc1occc1C(=O)Nn1c(=S)[nH]c2sc3c(c2c1=O)CC[C@H](C)C3. The third-order valence-corrected chi connectivity index (χ3v) is 6.12. The summed E-state index contributed by atoms with van der Waals surface area (Å²) in [7, 11) is 0. The van der Waals surface area contributed by atoms with Crippen LogP contribution in [-0.4, -0.2) is 15.6 Å². The minimum absolute atomic E-state index is 0.179. The number of nitrogens with one attached hydrogen (secondary N) is 2. The molecule has 3 aromatic rings. The number of carbonyl (C=O) groups excluding carboxylic acids is 1. The molecule has 25 heavy (non-hydrogen) atoms. The molecular formula is C17H17N3O3S2. The molecule has 0 unspecified atom stereocenters. The molecule has 1 aliphatic rings. The maximum atomic E-state index is 13.0. The quantitative estimate of drug-likeness (QED) is 0.672. The van der Waals surface area contributed by atoms with Crippen molar-refractivity contribution < 1.29 is 9.21 Å². The first-order valence-corrected chi connectivity index (χ1v) is 9.33. The van der Waals surface area contributed by atoms with Crippen LogP contribution in [0, 0.1) is 17.6 Å². The lowest BCUT2D eigenvalue weighted by molar-refractivity contribution is 0.100. The Bertz CT molecular complexity index is 1100. The van der Waals surface area contributed by atoms with Crippen molar-refractivity contribution in [1.82, 2.24) is 9.66 Å². The molecule has 2 N–H and O–H groups in total. The van der Waals surface area contributed by atoms with E-state index in [0.29, 0.717) is 22.6 Å². The lowest BCUT2D eigenvalue weighted by Gasteiger charge is -2.17. The summed E-state index contributed by atoms with van der Waals surface area (Å²) in [5.74, 6) is 0.683. The molecule has 3 aromatic heterocycles. The van der Waals surface area contributed by atoms with Crippen LogP contribution in [0.15, 0.2) is 21.5 Å². The van der Waals surface area contributed by atoms with E-state index in [9.17, 15) is 9.59 Å². The summed E-state index contributed by atoms with van der Waals surface area (Å²) in [4.78, 5) is 30.5. The number of furan rings is 1. The lowest BCUT2D eigenvalue weighted by Crippen LogP contribution is -2.34. The Labute approximate surface area is 152 Å². The second-order valence-corrected chi connectivity index (χ2v) is 7.95. The van der Waals surface area contributed by atoms with Crippen molar-refractivity contribution in [3.63, 3.8) is 0 Å². The smallest absolute Gasteiger partial charge is 0.282 e. The average molecular weight is 375 g/mol. The van der Waals surface area contributed by atoms with Crippen molar-refractivity contribution >= 4 is 39.7 Å². The second kappa shape index (κ2) is 5.96. The number of nitrogens with zero attached hydrogens (tertiary/aromatic N) is 1. The van der Waals surface area contributed by atoms with E-state index in [1.165, 1.54) is 11.1 Å². The van der Waals surface area contributed by atoms with Crippen LogP contribution in [0.4, 0.5) is 0 Å². The molecule has 130 valence electrons. The maximum absolute atomic E-state index is 13.0. The van der Waals surface area contributed by atoms with Gasteiger partial charge in [0.2, 0.25) is 4.77 Å². The summed E-state index contributed by atoms with van der Waals surface area (Å²) >= 11 is 6.88. The van der Waals surface area contributed by atoms with Crippen LogP contribution in [0.1, 0.15) is 39.9 Å². The third-order valence-electron chi connectivity index (χ3n) is 4.67. The van der Waals surface area contributed by atoms with Gasteiger partial charge in [-0.1, -0.05) is 6.92 Å². The van der Waals surface area contributed by atoms with E-state index in [0.717, 1.165) is 34.3 Å². The zero-order valence-electron chi connectivity index (χ0n) is 13.8. The predicted octanol–water partition coefficient (Wildman–Crippen LogP) is 3.53. The van der Waals surface area contributed by atoms with Crippen LogP contribution in [-0.2, 0) is 12.8 Å². The van der Waals surface area contributed by atoms with Gasteiger partial charge in [-0.05, 0) is 56.0 Å². The Kier molecular flexibility index (Phi) is 3.88. The van der Waals surface area contributed by atoms with Gasteiger partial charge in [0.1, 0.15) is 10.6 Å². The number of thiophene rings is 1. The summed E-state index contributed by atoms with van der Waals surface area (Å²) in [5.41, 5.74) is 3.79. The molecule has 4 rings (SSSR count). The number of aromatic amines is 1. The summed E-state index contributed by atoms with van der Waals surface area (Å²) in [6.07, 6.45) is 4.36. The minimum Gasteiger partial charge on any atom is -0.469 e. The topological polar surface area (TPSA) is 80.0 Å². The fourth-order valence-electron chi connectivity index (χ4n) is 3.31. The van der Waals surface area contributed by atoms with Crippen LogP contribution in [0.3, 0.4) is 0 Å². The zero-order chi connectivity index (χ0) is 17.7. The van der Waals surface area contributed by atoms with Crippen molar-refractivity contribution in [2.75, 3.05) is 5.43 Å². The van der Waals surface area contributed by atoms with Crippen LogP contribution in [0.2, 0.25) is 0 Å². The van der Waals surface area contributed by atoms with E-state index in [-0.39, 0.29) is 10.3 Å². The van der Waals surface area contributed by atoms with E-state index in [1.54, 1.807) is 24.3 Å². The molecule has 1 amide bonds. The fraction of sp³-hybridized carbons (Fsp3) is 0.353. The lowest BCUT2D eigenvalue weighted by atomic mass is 9.89. The van der Waals surface area contributed by atoms with E-state index >= 15 is 0 Å². The Hall–Kier alpha value is -2.19. The van der Waals surface area contributed by atoms with Crippen molar-refractivity contribution in [3.05, 3.63) is 49.2 Å². The molecule has 0 spiro atoms. The maximum Gasteiger partial charge on any atom is 0.282 e. The minimum atomic E-state index is -0.426. The van der Waals surface area contributed by atoms with Gasteiger partial charge in [-0.15, -0.1) is 11.3 Å². The number of hydrogen-bond acceptors (Lipinski definition) is 5. The second-order valence-electron chi connectivity index (χ2n) is 6.46. The molecule has 0 aromatic carbocycles. The molecule has 0 radical (unpaired) electrons. The summed E-state index contributed by atoms with van der Waals surface area (Å²) in [6, 6.07) is 1.56. The number of aryl methyl sites for hydroxylation is 2. The molecule has 1 aliphatic carbocycles. The van der Waals surface area contributed by atoms with Gasteiger partial charge in [0.15, 0.2) is 0 Å². The number of amides is 1. The van der Waals surface area contributed by atoms with Crippen LogP contribution in [0.25, 0.3) is 10.2 Å². The molecule has 1 atom stereocenters. The van der Waals surface area contributed by atoms with Gasteiger partial charge in [-0.3, -0.25) is 15.0 Å². The molecule has 0 saturated carbocycles. The highest BCUT2D eigenvalue weighted by Gasteiger charge is 2.24. The Balaban J connectivity index is 1.82. The molecule has 0 aliphatic heterocycles. The number of carbonyl (C=O) groups is 1. The first kappa shape index (κ1) is 16.3. The van der Waals surface area contributed by atoms with Gasteiger partial charge in [0, 0.05) is 4.88 Å². The van der Waals surface area contributed by atoms with Crippen molar-refractivity contribution in [2.45, 2.75) is 33.1 Å². The molecule has 8 heteroatoms. The number of aromatic nitrogens is 2. The number of hydrogen-bond donors (Lipinski definition) is 2. The molecule has 0 fully saturated rings. The normalized spacial score (nSPS) is 16.8. The highest BCUT2D eigenvalue weighted by molar-refractivity contribution is 7.71. The first-order valence-electron chi connectivity index (χ1n) is 8.10. The largest absolute Gasteiger partial charge is 0.469 e. The molecular weight excluding hydrogens is 358 g/mol. The number of rotatable bonds is 2. The number of H-pyrrole nitrogens is 1. The van der Waals surface area contributed by atoms with Gasteiger partial charge >= 0.3 is 0 Å². The molecule has 0 saturated heterocycles. The molecule has 3 heterocycles. The molecule has 6 nitrogen and oxygen atoms in total. The van der Waals surface area contributed by atoms with Crippen LogP contribution >= 0.6 is 23.6 Å². The van der Waals surface area contributed by atoms with Gasteiger partial charge in [0.05, 0.1) is 17.2 Å². The van der Waals surface area contributed by atoms with Crippen molar-refractivity contribution in [2.24, 2.45) is 5.92 Å². The highest BCUT2D eigenvalue weighted by atomic mass is 32.1. The summed E-state index contributed by atoms with van der Waals surface area (Å²) in [5, 5.41) is 0.643. The summed E-state index contributed by atoms with van der Waals surface area (Å²) in [6.45, 7) is 3.92. The average Bonchev–Trinajstić information content (AvgIpc) is 3.13. The zero-order valence-corrected chi connectivity index (χ0v) is 15.5. The van der Waals surface area contributed by atoms with E-state index in [1.807, 2.05) is 0 Å². The highest BCUT2D eigenvalue weighted by Crippen LogP contribution is 2.35. The standard InChI is InChI=1S/C17H17N3O3S2/c1-8-3-4-11-12(7-8)25-15-13(11)16(22)20(17(24)18-15)19-14(21)10-5-6-23-9(10)2/h5-6,8H,3-4,7H2,1-2H3,(H,18,24)(H,19,21)/t8-/m0/s1. The Morgan fingerprint density at radius 3 is 3.04 bits per heavy atom. The molecule has 0 bridgehead atoms. The van der Waals surface area contributed by atoms with Crippen molar-refractivity contribution in [1.29, 1.82) is 0 Å². The fourth-order valence-corrected chi connectivity index (χ4v) is 5.00. The van der Waals surface area contributed by atoms with Gasteiger partial charge in [-0.2, -0.15) is 4.68 Å².